The van der Waals surface area contributed by atoms with E-state index in [1.165, 1.54) is 0 Å². The van der Waals surface area contributed by atoms with Gasteiger partial charge in [-0.05, 0) is 32.9 Å². The van der Waals surface area contributed by atoms with Crippen LogP contribution < -0.4 is 5.32 Å². The molecule has 0 radical (unpaired) electrons. The van der Waals surface area contributed by atoms with Gasteiger partial charge in [-0.1, -0.05) is 15.9 Å². The normalized spacial score (nSPS) is 11.0. The first-order valence-electron chi connectivity index (χ1n) is 4.79. The molecule has 16 heavy (non-hydrogen) atoms. The highest BCUT2D eigenvalue weighted by atomic mass is 79.9. The highest BCUT2D eigenvalue weighted by Gasteiger charge is 2.16. The zero-order valence-electron chi connectivity index (χ0n) is 9.45. The number of rotatable bonds is 2. The van der Waals surface area contributed by atoms with Crippen LogP contribution in [-0.2, 0) is 10.1 Å². The number of anilines is 1. The number of amides is 1. The molecule has 0 saturated heterocycles. The molecule has 0 bridgehead atoms. The summed E-state index contributed by atoms with van der Waals surface area (Å²) < 4.78 is 5.07. The first-order valence-corrected chi connectivity index (χ1v) is 5.91. The van der Waals surface area contributed by atoms with Crippen LogP contribution in [0.4, 0.5) is 10.6 Å². The molecule has 1 amide bonds. The van der Waals surface area contributed by atoms with E-state index in [1.54, 1.807) is 32.9 Å². The first kappa shape index (κ1) is 12.9. The Kier molecular flexibility index (Phi) is 4.23. The summed E-state index contributed by atoms with van der Waals surface area (Å²) in [5, 5.41) is 10.8. The van der Waals surface area contributed by atoms with E-state index in [-0.39, 0.29) is 0 Å². The van der Waals surface area contributed by atoms with E-state index in [0.29, 0.717) is 11.1 Å². The number of hydrogen-bond donors (Lipinski definition) is 1. The predicted molar refractivity (Wildman–Crippen MR) is 64.5 cm³/mol. The molecule has 0 saturated carbocycles. The topological polar surface area (TPSA) is 64.1 Å². The zero-order valence-corrected chi connectivity index (χ0v) is 11.0. The Morgan fingerprint density at radius 3 is 2.56 bits per heavy atom. The second-order valence-electron chi connectivity index (χ2n) is 4.17. The van der Waals surface area contributed by atoms with Crippen LogP contribution in [0, 0.1) is 0 Å². The van der Waals surface area contributed by atoms with Crippen molar-refractivity contribution in [1.82, 2.24) is 10.2 Å². The van der Waals surface area contributed by atoms with Gasteiger partial charge in [0.05, 0.1) is 5.69 Å². The van der Waals surface area contributed by atoms with Crippen LogP contribution in [-0.4, -0.2) is 21.9 Å². The summed E-state index contributed by atoms with van der Waals surface area (Å²) in [6.07, 6.45) is -0.534. The Labute approximate surface area is 103 Å². The highest BCUT2D eigenvalue weighted by Crippen LogP contribution is 2.10. The number of carbonyl (C=O) groups is 1. The van der Waals surface area contributed by atoms with Gasteiger partial charge >= 0.3 is 6.09 Å². The predicted octanol–water partition coefficient (Wildman–Crippen LogP) is 2.72. The zero-order chi connectivity index (χ0) is 12.2. The molecule has 88 valence electrons. The lowest BCUT2D eigenvalue weighted by Gasteiger charge is -2.19. The van der Waals surface area contributed by atoms with E-state index in [9.17, 15) is 4.79 Å². The molecule has 0 fully saturated rings. The maximum atomic E-state index is 11.4. The summed E-state index contributed by atoms with van der Waals surface area (Å²) in [7, 11) is 0. The van der Waals surface area contributed by atoms with Crippen molar-refractivity contribution in [3.8, 4) is 0 Å². The molecule has 1 rings (SSSR count). The molecule has 0 unspecified atom stereocenters. The van der Waals surface area contributed by atoms with Crippen LogP contribution in [0.5, 0.6) is 0 Å². The van der Waals surface area contributed by atoms with Crippen LogP contribution in [0.2, 0.25) is 0 Å². The van der Waals surface area contributed by atoms with Crippen LogP contribution in [0.3, 0.4) is 0 Å². The maximum Gasteiger partial charge on any atom is 0.413 e. The fourth-order valence-corrected chi connectivity index (χ4v) is 1.21. The Balaban J connectivity index is 2.56. The van der Waals surface area contributed by atoms with Crippen molar-refractivity contribution in [2.75, 3.05) is 5.32 Å². The van der Waals surface area contributed by atoms with Gasteiger partial charge in [0.15, 0.2) is 5.82 Å². The van der Waals surface area contributed by atoms with Gasteiger partial charge in [-0.2, -0.15) is 5.10 Å². The third-order valence-corrected chi connectivity index (χ3v) is 2.06. The fraction of sp³-hybridized carbons (Fsp3) is 0.500. The van der Waals surface area contributed by atoms with E-state index in [0.717, 1.165) is 5.69 Å². The van der Waals surface area contributed by atoms with E-state index in [4.69, 9.17) is 4.74 Å². The van der Waals surface area contributed by atoms with Crippen molar-refractivity contribution in [3.63, 3.8) is 0 Å². The van der Waals surface area contributed by atoms with Gasteiger partial charge in [0, 0.05) is 5.33 Å². The second-order valence-corrected chi connectivity index (χ2v) is 4.73. The SMILES string of the molecule is CC(C)(C)OC(=O)Nc1ccc(CBr)nn1. The van der Waals surface area contributed by atoms with Gasteiger partial charge in [0.2, 0.25) is 0 Å². The molecule has 0 atom stereocenters. The molecule has 0 aliphatic carbocycles. The number of aromatic nitrogens is 2. The van der Waals surface area contributed by atoms with Gasteiger partial charge < -0.3 is 4.74 Å². The lowest BCUT2D eigenvalue weighted by Crippen LogP contribution is -2.27. The van der Waals surface area contributed by atoms with E-state index in [2.05, 4.69) is 31.4 Å². The highest BCUT2D eigenvalue weighted by molar-refractivity contribution is 9.08. The van der Waals surface area contributed by atoms with E-state index < -0.39 is 11.7 Å². The summed E-state index contributed by atoms with van der Waals surface area (Å²) in [6, 6.07) is 3.45. The van der Waals surface area contributed by atoms with E-state index in [1.807, 2.05) is 0 Å². The van der Waals surface area contributed by atoms with Crippen molar-refractivity contribution in [1.29, 1.82) is 0 Å². The summed E-state index contributed by atoms with van der Waals surface area (Å²) in [6.45, 7) is 5.39. The first-order chi connectivity index (χ1) is 7.40. The lowest BCUT2D eigenvalue weighted by molar-refractivity contribution is 0.0635. The molecule has 1 heterocycles. The number of carbonyl (C=O) groups excluding carboxylic acids is 1. The average Bonchev–Trinajstić information content (AvgIpc) is 2.16. The van der Waals surface area contributed by atoms with Gasteiger partial charge in [-0.25, -0.2) is 4.79 Å². The lowest BCUT2D eigenvalue weighted by atomic mass is 10.2. The number of ether oxygens (including phenoxy) is 1. The van der Waals surface area contributed by atoms with Gasteiger partial charge in [0.1, 0.15) is 5.60 Å². The molecule has 1 N–H and O–H groups in total. The molecule has 1 aromatic heterocycles. The minimum Gasteiger partial charge on any atom is -0.444 e. The number of nitrogens with zero attached hydrogens (tertiary/aromatic N) is 2. The van der Waals surface area contributed by atoms with Crippen molar-refractivity contribution in [2.45, 2.75) is 31.7 Å². The van der Waals surface area contributed by atoms with Gasteiger partial charge in [-0.15, -0.1) is 5.10 Å². The molecule has 0 spiro atoms. The quantitative estimate of drug-likeness (QED) is 0.850. The Bertz CT molecular complexity index is 359. The molecule has 5 nitrogen and oxygen atoms in total. The molecular formula is C10H14BrN3O2. The third-order valence-electron chi connectivity index (χ3n) is 1.49. The maximum absolute atomic E-state index is 11.4. The molecule has 1 aromatic rings. The van der Waals surface area contributed by atoms with Crippen molar-refractivity contribution < 1.29 is 9.53 Å². The molecule has 0 aromatic carbocycles. The second kappa shape index (κ2) is 5.25. The van der Waals surface area contributed by atoms with Crippen LogP contribution in [0.1, 0.15) is 26.5 Å². The Morgan fingerprint density at radius 1 is 1.44 bits per heavy atom. The smallest absolute Gasteiger partial charge is 0.413 e. The molecular weight excluding hydrogens is 274 g/mol. The van der Waals surface area contributed by atoms with Crippen LogP contribution in [0.15, 0.2) is 12.1 Å². The minimum atomic E-state index is -0.534. The number of nitrogens with one attached hydrogen (secondary N) is 1. The number of alkyl halides is 1. The standard InChI is InChI=1S/C10H14BrN3O2/c1-10(2,3)16-9(15)12-8-5-4-7(6-11)13-14-8/h4-5H,6H2,1-3H3,(H,12,14,15). The third kappa shape index (κ3) is 4.57. The summed E-state index contributed by atoms with van der Waals surface area (Å²) in [5.41, 5.74) is 0.280. The van der Waals surface area contributed by atoms with Crippen LogP contribution >= 0.6 is 15.9 Å². The minimum absolute atomic E-state index is 0.374. The van der Waals surface area contributed by atoms with Crippen molar-refractivity contribution in [2.24, 2.45) is 0 Å². The van der Waals surface area contributed by atoms with Gasteiger partial charge in [0.25, 0.3) is 0 Å². The van der Waals surface area contributed by atoms with Crippen molar-refractivity contribution >= 4 is 27.8 Å². The van der Waals surface area contributed by atoms with Crippen molar-refractivity contribution in [3.05, 3.63) is 17.8 Å². The summed E-state index contributed by atoms with van der Waals surface area (Å²) in [5.74, 6) is 0.374. The monoisotopic (exact) mass is 287 g/mol. The van der Waals surface area contributed by atoms with E-state index >= 15 is 0 Å². The largest absolute Gasteiger partial charge is 0.444 e. The van der Waals surface area contributed by atoms with Gasteiger partial charge in [-0.3, -0.25) is 5.32 Å². The number of hydrogen-bond acceptors (Lipinski definition) is 4. The summed E-state index contributed by atoms with van der Waals surface area (Å²) in [4.78, 5) is 11.4. The molecule has 0 aliphatic heterocycles. The Hall–Kier alpha value is -1.17. The molecule has 0 aliphatic rings. The van der Waals surface area contributed by atoms with Crippen LogP contribution in [0.25, 0.3) is 0 Å². The average molecular weight is 288 g/mol. The molecule has 6 heteroatoms. The number of halogens is 1. The Morgan fingerprint density at radius 2 is 2.12 bits per heavy atom. The summed E-state index contributed by atoms with van der Waals surface area (Å²) >= 11 is 3.26. The fourth-order valence-electron chi connectivity index (χ4n) is 0.906.